The van der Waals surface area contributed by atoms with Crippen molar-refractivity contribution in [1.29, 1.82) is 0 Å². The van der Waals surface area contributed by atoms with E-state index in [1.807, 2.05) is 0 Å². The first-order valence-electron chi connectivity index (χ1n) is 7.43. The van der Waals surface area contributed by atoms with Gasteiger partial charge in [0, 0.05) is 29.3 Å². The molecule has 3 aromatic heterocycles. The van der Waals surface area contributed by atoms with Crippen molar-refractivity contribution in [3.8, 4) is 22.6 Å². The van der Waals surface area contributed by atoms with E-state index in [2.05, 4.69) is 15.1 Å². The fraction of sp³-hybridized carbons (Fsp3) is 0.118. The normalized spacial score (nSPS) is 11.3. The van der Waals surface area contributed by atoms with Crippen LogP contribution in [0.5, 0.6) is 11.5 Å². The van der Waals surface area contributed by atoms with Crippen LogP contribution >= 0.6 is 11.6 Å². The number of benzene rings is 1. The molecule has 0 aliphatic heterocycles. The van der Waals surface area contributed by atoms with Gasteiger partial charge in [0.15, 0.2) is 28.8 Å². The maximum atomic E-state index is 14.9. The van der Waals surface area contributed by atoms with E-state index < -0.39 is 11.6 Å². The average Bonchev–Trinajstić information content (AvgIpc) is 3.12. The number of nitrogens with zero attached hydrogens (tertiary/aromatic N) is 4. The van der Waals surface area contributed by atoms with Crippen molar-refractivity contribution in [3.05, 3.63) is 47.5 Å². The van der Waals surface area contributed by atoms with E-state index in [0.717, 1.165) is 6.07 Å². The summed E-state index contributed by atoms with van der Waals surface area (Å²) < 4.78 is 41.3. The maximum absolute atomic E-state index is 14.9. The van der Waals surface area contributed by atoms with Crippen molar-refractivity contribution < 1.29 is 18.3 Å². The Hall–Kier alpha value is -3.00. The van der Waals surface area contributed by atoms with Crippen LogP contribution in [0.4, 0.5) is 8.78 Å². The molecule has 4 rings (SSSR count). The second-order valence-electron chi connectivity index (χ2n) is 5.40. The zero-order valence-corrected chi connectivity index (χ0v) is 14.4. The van der Waals surface area contributed by atoms with E-state index in [0.29, 0.717) is 10.9 Å². The predicted octanol–water partition coefficient (Wildman–Crippen LogP) is 3.89. The molecule has 6 nitrogen and oxygen atoms in total. The van der Waals surface area contributed by atoms with Crippen LogP contribution in [-0.2, 0) is 0 Å². The van der Waals surface area contributed by atoms with Crippen LogP contribution in [-0.4, -0.2) is 33.8 Å². The summed E-state index contributed by atoms with van der Waals surface area (Å²) in [5, 5.41) is 4.98. The molecular formula is C17H11ClF2N4O2. The highest BCUT2D eigenvalue weighted by Crippen LogP contribution is 2.39. The second-order valence-corrected chi connectivity index (χ2v) is 5.79. The van der Waals surface area contributed by atoms with Crippen LogP contribution in [0.15, 0.2) is 30.7 Å². The van der Waals surface area contributed by atoms with Crippen molar-refractivity contribution in [2.75, 3.05) is 14.2 Å². The molecule has 0 aliphatic rings. The van der Waals surface area contributed by atoms with Crippen molar-refractivity contribution in [3.63, 3.8) is 0 Å². The standard InChI is InChI=1S/C17H11ClF2N4O2/c1-25-11-5-12(26-2)16(20)14(15(11)19)9-3-8-6-21-13(18)4-10(8)24-17(9)22-7-23-24/h3-7H,1-2H3. The van der Waals surface area contributed by atoms with Gasteiger partial charge in [-0.25, -0.2) is 23.3 Å². The number of rotatable bonds is 3. The third-order valence-electron chi connectivity index (χ3n) is 4.04. The molecule has 0 amide bonds. The average molecular weight is 377 g/mol. The molecule has 0 aliphatic carbocycles. The summed E-state index contributed by atoms with van der Waals surface area (Å²) in [4.78, 5) is 8.15. The Kier molecular flexibility index (Phi) is 3.84. The van der Waals surface area contributed by atoms with E-state index in [1.165, 1.54) is 31.3 Å². The van der Waals surface area contributed by atoms with Gasteiger partial charge in [-0.2, -0.15) is 5.10 Å². The molecule has 1 aromatic carbocycles. The van der Waals surface area contributed by atoms with Gasteiger partial charge < -0.3 is 9.47 Å². The maximum Gasteiger partial charge on any atom is 0.176 e. The van der Waals surface area contributed by atoms with E-state index in [9.17, 15) is 8.78 Å². The van der Waals surface area contributed by atoms with Gasteiger partial charge in [0.2, 0.25) is 0 Å². The van der Waals surface area contributed by atoms with Gasteiger partial charge in [0.1, 0.15) is 11.5 Å². The van der Waals surface area contributed by atoms with Crippen LogP contribution in [0.2, 0.25) is 5.15 Å². The number of halogens is 3. The van der Waals surface area contributed by atoms with Crippen LogP contribution in [0.25, 0.3) is 27.7 Å². The summed E-state index contributed by atoms with van der Waals surface area (Å²) in [5.74, 6) is -2.02. The number of ether oxygens (including phenoxy) is 2. The Morgan fingerprint density at radius 1 is 1.00 bits per heavy atom. The molecule has 0 bridgehead atoms. The Morgan fingerprint density at radius 2 is 1.69 bits per heavy atom. The molecule has 0 N–H and O–H groups in total. The Bertz CT molecular complexity index is 1130. The Balaban J connectivity index is 2.15. The number of hydrogen-bond donors (Lipinski definition) is 0. The monoisotopic (exact) mass is 376 g/mol. The summed E-state index contributed by atoms with van der Waals surface area (Å²) in [7, 11) is 2.58. The van der Waals surface area contributed by atoms with Crippen LogP contribution in [0.3, 0.4) is 0 Å². The second kappa shape index (κ2) is 6.06. The molecule has 9 heteroatoms. The number of fused-ring (bicyclic) bond motifs is 3. The zero-order chi connectivity index (χ0) is 18.4. The largest absolute Gasteiger partial charge is 0.494 e. The molecule has 0 radical (unpaired) electrons. The smallest absolute Gasteiger partial charge is 0.176 e. The zero-order valence-electron chi connectivity index (χ0n) is 13.6. The predicted molar refractivity (Wildman–Crippen MR) is 91.8 cm³/mol. The molecule has 0 unspecified atom stereocenters. The van der Waals surface area contributed by atoms with Crippen LogP contribution < -0.4 is 9.47 Å². The summed E-state index contributed by atoms with van der Waals surface area (Å²) in [5.41, 5.74) is 0.729. The van der Waals surface area contributed by atoms with Gasteiger partial charge in [-0.05, 0) is 6.07 Å². The van der Waals surface area contributed by atoms with Crippen molar-refractivity contribution >= 4 is 28.2 Å². The first-order chi connectivity index (χ1) is 12.5. The van der Waals surface area contributed by atoms with E-state index in [-0.39, 0.29) is 33.4 Å². The molecular weight excluding hydrogens is 366 g/mol. The molecule has 0 fully saturated rings. The fourth-order valence-corrected chi connectivity index (χ4v) is 3.01. The topological polar surface area (TPSA) is 61.5 Å². The minimum absolute atomic E-state index is 0.148. The van der Waals surface area contributed by atoms with Gasteiger partial charge in [-0.3, -0.25) is 0 Å². The van der Waals surface area contributed by atoms with Gasteiger partial charge in [0.05, 0.1) is 25.3 Å². The van der Waals surface area contributed by atoms with E-state index >= 15 is 0 Å². The molecule has 0 saturated carbocycles. The van der Waals surface area contributed by atoms with Gasteiger partial charge in [-0.1, -0.05) is 11.6 Å². The molecule has 0 spiro atoms. The molecule has 3 heterocycles. The van der Waals surface area contributed by atoms with Crippen LogP contribution in [0, 0.1) is 11.6 Å². The van der Waals surface area contributed by atoms with Crippen LogP contribution in [0.1, 0.15) is 0 Å². The third kappa shape index (κ3) is 2.33. The number of pyridine rings is 2. The lowest BCUT2D eigenvalue weighted by Crippen LogP contribution is -2.02. The van der Waals surface area contributed by atoms with Crippen molar-refractivity contribution in [1.82, 2.24) is 19.6 Å². The van der Waals surface area contributed by atoms with E-state index in [4.69, 9.17) is 21.1 Å². The third-order valence-corrected chi connectivity index (χ3v) is 4.24. The molecule has 132 valence electrons. The van der Waals surface area contributed by atoms with Gasteiger partial charge in [-0.15, -0.1) is 0 Å². The lowest BCUT2D eigenvalue weighted by Gasteiger charge is -2.14. The quantitative estimate of drug-likeness (QED) is 0.508. The summed E-state index contributed by atoms with van der Waals surface area (Å²) in [6.07, 6.45) is 2.79. The first-order valence-corrected chi connectivity index (χ1v) is 7.81. The SMILES string of the molecule is COc1cc(OC)c(F)c(-c2cc3cnc(Cl)cc3n3ncnc23)c1F. The van der Waals surface area contributed by atoms with Crippen molar-refractivity contribution in [2.45, 2.75) is 0 Å². The van der Waals surface area contributed by atoms with Crippen molar-refractivity contribution in [2.24, 2.45) is 0 Å². The summed E-state index contributed by atoms with van der Waals surface area (Å²) in [6.45, 7) is 0. The summed E-state index contributed by atoms with van der Waals surface area (Å²) >= 11 is 5.95. The first kappa shape index (κ1) is 16.5. The fourth-order valence-electron chi connectivity index (χ4n) is 2.85. The lowest BCUT2D eigenvalue weighted by atomic mass is 10.0. The van der Waals surface area contributed by atoms with Gasteiger partial charge >= 0.3 is 0 Å². The van der Waals surface area contributed by atoms with Gasteiger partial charge in [0.25, 0.3) is 0 Å². The van der Waals surface area contributed by atoms with E-state index in [1.54, 1.807) is 12.1 Å². The highest BCUT2D eigenvalue weighted by molar-refractivity contribution is 6.30. The summed E-state index contributed by atoms with van der Waals surface area (Å²) in [6, 6.07) is 4.32. The number of aromatic nitrogens is 4. The number of methoxy groups -OCH3 is 2. The molecule has 0 saturated heterocycles. The molecule has 4 aromatic rings. The molecule has 0 atom stereocenters. The highest BCUT2D eigenvalue weighted by atomic mass is 35.5. The lowest BCUT2D eigenvalue weighted by molar-refractivity contribution is 0.360. The highest BCUT2D eigenvalue weighted by Gasteiger charge is 2.24. The molecule has 26 heavy (non-hydrogen) atoms. The number of hydrogen-bond acceptors (Lipinski definition) is 5. The Labute approximate surface area is 151 Å². The minimum atomic E-state index is -0.864. The minimum Gasteiger partial charge on any atom is -0.494 e. The Morgan fingerprint density at radius 3 is 2.35 bits per heavy atom.